The molecule has 1 N–H and O–H groups in total. The number of nitrogens with zero attached hydrogens (tertiary/aromatic N) is 3. The van der Waals surface area contributed by atoms with Gasteiger partial charge in [-0.25, -0.2) is 4.98 Å². The lowest BCUT2D eigenvalue weighted by Gasteiger charge is -2.33. The minimum atomic E-state index is -0.0906. The van der Waals surface area contributed by atoms with E-state index in [9.17, 15) is 9.59 Å². The van der Waals surface area contributed by atoms with E-state index in [1.165, 1.54) is 12.8 Å². The number of benzene rings is 1. The van der Waals surface area contributed by atoms with Crippen LogP contribution in [-0.2, 0) is 22.7 Å². The predicted molar refractivity (Wildman–Crippen MR) is 131 cm³/mol. The molecule has 1 aromatic heterocycles. The summed E-state index contributed by atoms with van der Waals surface area (Å²) in [6, 6.07) is 8.18. The number of rotatable bonds is 5. The Kier molecular flexibility index (Phi) is 7.09. The normalized spacial score (nSPS) is 25.1. The first-order chi connectivity index (χ1) is 17.0. The van der Waals surface area contributed by atoms with Crippen LogP contribution in [0.4, 0.5) is 0 Å². The summed E-state index contributed by atoms with van der Waals surface area (Å²) < 4.78 is 13.4. The van der Waals surface area contributed by atoms with Crippen molar-refractivity contribution < 1.29 is 19.1 Å². The molecule has 1 aliphatic carbocycles. The molecule has 0 bridgehead atoms. The molecule has 8 nitrogen and oxygen atoms in total. The quantitative estimate of drug-likeness (QED) is 0.705. The van der Waals surface area contributed by atoms with Gasteiger partial charge >= 0.3 is 0 Å². The number of carbonyl (C=O) groups is 2. The number of hydrogen-bond acceptors (Lipinski definition) is 5. The van der Waals surface area contributed by atoms with Crippen LogP contribution >= 0.6 is 0 Å². The highest BCUT2D eigenvalue weighted by Crippen LogP contribution is 2.30. The van der Waals surface area contributed by atoms with Crippen LogP contribution in [0.2, 0.25) is 0 Å². The Hall–Kier alpha value is -2.87. The zero-order valence-electron chi connectivity index (χ0n) is 20.7. The fourth-order valence-corrected chi connectivity index (χ4v) is 5.54. The number of nitrogens with one attached hydrogen (secondary N) is 1. The lowest BCUT2D eigenvalue weighted by molar-refractivity contribution is -0.127. The SMILES string of the molecule is COc1ccc([C@H]2Cn3cnc(C(=O)N4CCC(C(=O)NC5CCC(C)CC5)CC4)c3CO2)cc1. The zero-order chi connectivity index (χ0) is 24.4. The Balaban J connectivity index is 1.15. The monoisotopic (exact) mass is 480 g/mol. The van der Waals surface area contributed by atoms with Gasteiger partial charge in [0.25, 0.3) is 5.91 Å². The largest absolute Gasteiger partial charge is 0.497 e. The third-order valence-corrected chi connectivity index (χ3v) is 7.94. The highest BCUT2D eigenvalue weighted by atomic mass is 16.5. The molecule has 2 aromatic rings. The summed E-state index contributed by atoms with van der Waals surface area (Å²) in [7, 11) is 1.65. The molecule has 2 fully saturated rings. The number of carbonyl (C=O) groups excluding carboxylic acids is 2. The number of methoxy groups -OCH3 is 1. The lowest BCUT2D eigenvalue weighted by atomic mass is 9.86. The molecule has 0 radical (unpaired) electrons. The van der Waals surface area contributed by atoms with Crippen molar-refractivity contribution in [3.8, 4) is 5.75 Å². The van der Waals surface area contributed by atoms with Gasteiger partial charge in [0.15, 0.2) is 5.69 Å². The second-order valence-corrected chi connectivity index (χ2v) is 10.3. The predicted octanol–water partition coefficient (Wildman–Crippen LogP) is 3.71. The molecule has 3 aliphatic rings. The smallest absolute Gasteiger partial charge is 0.274 e. The standard InChI is InChI=1S/C27H36N4O4/c1-18-3-7-21(8-4-18)29-26(32)20-11-13-30(14-12-20)27(33)25-23-16-35-24(15-31(23)17-28-25)19-5-9-22(34-2)10-6-19/h5-6,9-10,17-18,20-21,24H,3-4,7-8,11-16H2,1-2H3,(H,29,32)/t18?,21?,24-/m1/s1. The first-order valence-electron chi connectivity index (χ1n) is 12.9. The molecule has 1 atom stereocenters. The van der Waals surface area contributed by atoms with E-state index >= 15 is 0 Å². The van der Waals surface area contributed by atoms with Crippen molar-refractivity contribution in [2.75, 3.05) is 20.2 Å². The van der Waals surface area contributed by atoms with Crippen molar-refractivity contribution in [2.24, 2.45) is 11.8 Å². The topological polar surface area (TPSA) is 85.7 Å². The molecular weight excluding hydrogens is 444 g/mol. The minimum Gasteiger partial charge on any atom is -0.497 e. The van der Waals surface area contributed by atoms with Gasteiger partial charge in [-0.3, -0.25) is 9.59 Å². The highest BCUT2D eigenvalue weighted by Gasteiger charge is 2.33. The van der Waals surface area contributed by atoms with Crippen LogP contribution in [0, 0.1) is 11.8 Å². The van der Waals surface area contributed by atoms with Gasteiger partial charge in [0.1, 0.15) is 11.9 Å². The molecule has 5 rings (SSSR count). The number of amides is 2. The van der Waals surface area contributed by atoms with Crippen LogP contribution in [0.15, 0.2) is 30.6 Å². The van der Waals surface area contributed by atoms with Crippen molar-refractivity contribution in [1.29, 1.82) is 0 Å². The van der Waals surface area contributed by atoms with Crippen LogP contribution in [0.25, 0.3) is 0 Å². The fourth-order valence-electron chi connectivity index (χ4n) is 5.54. The maximum absolute atomic E-state index is 13.3. The van der Waals surface area contributed by atoms with Crippen LogP contribution in [0.1, 0.15) is 73.3 Å². The second kappa shape index (κ2) is 10.4. The fraction of sp³-hybridized carbons (Fsp3) is 0.593. The van der Waals surface area contributed by atoms with Gasteiger partial charge in [-0.1, -0.05) is 19.1 Å². The number of ether oxygens (including phenoxy) is 2. The molecule has 2 aliphatic heterocycles. The molecule has 1 saturated heterocycles. The average Bonchev–Trinajstić information content (AvgIpc) is 3.33. The second-order valence-electron chi connectivity index (χ2n) is 10.3. The Labute approximate surface area is 207 Å². The third kappa shape index (κ3) is 5.22. The molecule has 3 heterocycles. The summed E-state index contributed by atoms with van der Waals surface area (Å²) >= 11 is 0. The van der Waals surface area contributed by atoms with E-state index in [1.54, 1.807) is 13.4 Å². The summed E-state index contributed by atoms with van der Waals surface area (Å²) in [5, 5.41) is 3.26. The van der Waals surface area contributed by atoms with Gasteiger partial charge in [0.05, 0.1) is 32.3 Å². The minimum absolute atomic E-state index is 0.0112. The number of piperidine rings is 1. The molecule has 0 spiro atoms. The molecule has 1 aromatic carbocycles. The van der Waals surface area contributed by atoms with Crippen LogP contribution in [0.5, 0.6) is 5.75 Å². The maximum Gasteiger partial charge on any atom is 0.274 e. The molecule has 8 heteroatoms. The van der Waals surface area contributed by atoms with Crippen molar-refractivity contribution in [3.63, 3.8) is 0 Å². The van der Waals surface area contributed by atoms with Crippen LogP contribution in [0.3, 0.4) is 0 Å². The number of hydrogen-bond donors (Lipinski definition) is 1. The first kappa shape index (κ1) is 23.9. The lowest BCUT2D eigenvalue weighted by Crippen LogP contribution is -2.46. The Bertz CT molecular complexity index is 1030. The number of likely N-dealkylation sites (tertiary alicyclic amines) is 1. The Morgan fingerprint density at radius 1 is 1.06 bits per heavy atom. The van der Waals surface area contributed by atoms with E-state index in [-0.39, 0.29) is 23.8 Å². The summed E-state index contributed by atoms with van der Waals surface area (Å²) in [5.74, 6) is 1.66. The van der Waals surface area contributed by atoms with Crippen LogP contribution < -0.4 is 10.1 Å². The van der Waals surface area contributed by atoms with Crippen molar-refractivity contribution in [2.45, 2.75) is 70.7 Å². The average molecular weight is 481 g/mol. The van der Waals surface area contributed by atoms with E-state index in [0.29, 0.717) is 50.8 Å². The molecule has 2 amide bonds. The number of aromatic nitrogens is 2. The van der Waals surface area contributed by atoms with Gasteiger partial charge in [-0.15, -0.1) is 0 Å². The summed E-state index contributed by atoms with van der Waals surface area (Å²) in [4.78, 5) is 32.3. The van der Waals surface area contributed by atoms with Crippen molar-refractivity contribution >= 4 is 11.8 Å². The summed E-state index contributed by atoms with van der Waals surface area (Å²) in [6.07, 6.45) is 7.60. The van der Waals surface area contributed by atoms with E-state index in [4.69, 9.17) is 9.47 Å². The van der Waals surface area contributed by atoms with Gasteiger partial charge < -0.3 is 24.3 Å². The van der Waals surface area contributed by atoms with Crippen molar-refractivity contribution in [1.82, 2.24) is 19.8 Å². The molecule has 1 saturated carbocycles. The number of fused-ring (bicyclic) bond motifs is 1. The van der Waals surface area contributed by atoms with Gasteiger partial charge in [-0.2, -0.15) is 0 Å². The van der Waals surface area contributed by atoms with Gasteiger partial charge in [0.2, 0.25) is 5.91 Å². The van der Waals surface area contributed by atoms with E-state index in [1.807, 2.05) is 33.7 Å². The van der Waals surface area contributed by atoms with E-state index in [2.05, 4.69) is 17.2 Å². The van der Waals surface area contributed by atoms with Crippen LogP contribution in [-0.4, -0.2) is 52.5 Å². The summed E-state index contributed by atoms with van der Waals surface area (Å²) in [5.41, 5.74) is 2.37. The van der Waals surface area contributed by atoms with Gasteiger partial charge in [-0.05, 0) is 62.1 Å². The van der Waals surface area contributed by atoms with Crippen molar-refractivity contribution in [3.05, 3.63) is 47.5 Å². The summed E-state index contributed by atoms with van der Waals surface area (Å²) in [6.45, 7) is 4.41. The highest BCUT2D eigenvalue weighted by molar-refractivity contribution is 5.93. The zero-order valence-corrected chi connectivity index (χ0v) is 20.7. The van der Waals surface area contributed by atoms with Gasteiger partial charge in [0, 0.05) is 25.0 Å². The molecule has 35 heavy (non-hydrogen) atoms. The molecule has 188 valence electrons. The van der Waals surface area contributed by atoms with E-state index in [0.717, 1.165) is 35.8 Å². The first-order valence-corrected chi connectivity index (χ1v) is 12.9. The molecule has 0 unspecified atom stereocenters. The Morgan fingerprint density at radius 2 is 1.77 bits per heavy atom. The molecular formula is C27H36N4O4. The maximum atomic E-state index is 13.3. The van der Waals surface area contributed by atoms with E-state index < -0.39 is 0 Å². The Morgan fingerprint density at radius 3 is 2.46 bits per heavy atom. The third-order valence-electron chi connectivity index (χ3n) is 7.94. The number of imidazole rings is 1.